The van der Waals surface area contributed by atoms with Gasteiger partial charge in [-0.25, -0.2) is 4.39 Å². The van der Waals surface area contributed by atoms with Gasteiger partial charge in [-0.1, -0.05) is 26.0 Å². The van der Waals surface area contributed by atoms with Crippen molar-refractivity contribution in [3.63, 3.8) is 0 Å². The Morgan fingerprint density at radius 1 is 1.07 bits per heavy atom. The number of benzene rings is 1. The van der Waals surface area contributed by atoms with E-state index < -0.39 is 18.3 Å². The smallest absolute Gasteiger partial charge is 0.445 e. The molecule has 0 saturated carbocycles. The van der Waals surface area contributed by atoms with Crippen molar-refractivity contribution in [3.05, 3.63) is 29.6 Å². The zero-order chi connectivity index (χ0) is 10.9. The molecule has 0 fully saturated rings. The van der Waals surface area contributed by atoms with Crippen molar-refractivity contribution in [2.45, 2.75) is 19.8 Å². The molecule has 0 atom stereocenters. The molecule has 0 aliphatic carbocycles. The van der Waals surface area contributed by atoms with Crippen LogP contribution in [-0.2, 0) is 0 Å². The maximum absolute atomic E-state index is 12.8. The van der Waals surface area contributed by atoms with Crippen LogP contribution >= 0.6 is 0 Å². The molecule has 5 heteroatoms. The Morgan fingerprint density at radius 2 is 1.64 bits per heavy atom. The van der Waals surface area contributed by atoms with Crippen LogP contribution in [0.5, 0.6) is 0 Å². The van der Waals surface area contributed by atoms with Gasteiger partial charge < -0.3 is 12.9 Å². The predicted octanol–water partition coefficient (Wildman–Crippen LogP) is 3.00. The SMILES string of the molecule is CC(C)c1cc(F)cc([B-](F)(F)F)c1. The summed E-state index contributed by atoms with van der Waals surface area (Å²) in [5, 5.41) is 0. The summed E-state index contributed by atoms with van der Waals surface area (Å²) in [7, 11) is 0. The minimum atomic E-state index is -5.11. The molecule has 0 aliphatic rings. The van der Waals surface area contributed by atoms with Gasteiger partial charge in [0, 0.05) is 0 Å². The lowest BCUT2D eigenvalue weighted by atomic mass is 9.78. The quantitative estimate of drug-likeness (QED) is 0.514. The molecule has 1 aromatic rings. The Balaban J connectivity index is 3.21. The summed E-state index contributed by atoms with van der Waals surface area (Å²) in [6.45, 7) is -1.66. The molecule has 0 N–H and O–H groups in total. The summed E-state index contributed by atoms with van der Waals surface area (Å²) in [5.74, 6) is -0.937. The molecule has 0 bridgehead atoms. The summed E-state index contributed by atoms with van der Waals surface area (Å²) < 4.78 is 49.7. The highest BCUT2D eigenvalue weighted by Crippen LogP contribution is 2.17. The average molecular weight is 205 g/mol. The van der Waals surface area contributed by atoms with Gasteiger partial charge in [-0.3, -0.25) is 0 Å². The first-order valence-corrected chi connectivity index (χ1v) is 4.31. The zero-order valence-corrected chi connectivity index (χ0v) is 7.90. The second-order valence-electron chi connectivity index (χ2n) is 3.55. The molecule has 0 amide bonds. The molecule has 0 saturated heterocycles. The van der Waals surface area contributed by atoms with E-state index in [9.17, 15) is 17.3 Å². The van der Waals surface area contributed by atoms with Gasteiger partial charge in [0.25, 0.3) is 0 Å². The van der Waals surface area contributed by atoms with Gasteiger partial charge in [-0.05, 0) is 17.5 Å². The van der Waals surface area contributed by atoms with E-state index >= 15 is 0 Å². The minimum Gasteiger partial charge on any atom is -0.445 e. The average Bonchev–Trinajstić information content (AvgIpc) is 2.01. The van der Waals surface area contributed by atoms with Gasteiger partial charge in [-0.15, -0.1) is 5.46 Å². The number of hydrogen-bond donors (Lipinski definition) is 0. The standard InChI is InChI=1S/C9H10BF4/c1-6(2)7-3-8(10(12,13)14)5-9(11)4-7/h3-6H,1-2H3/q-1. The Kier molecular flexibility index (Phi) is 2.88. The zero-order valence-electron chi connectivity index (χ0n) is 7.90. The second-order valence-corrected chi connectivity index (χ2v) is 3.55. The minimum absolute atomic E-state index is 0.109. The normalized spacial score (nSPS) is 12.2. The van der Waals surface area contributed by atoms with Gasteiger partial charge in [-0.2, -0.15) is 0 Å². The van der Waals surface area contributed by atoms with Gasteiger partial charge in [0.05, 0.1) is 0 Å². The van der Waals surface area contributed by atoms with E-state index in [2.05, 4.69) is 0 Å². The van der Waals surface area contributed by atoms with E-state index in [4.69, 9.17) is 0 Å². The van der Waals surface area contributed by atoms with Crippen LogP contribution in [0, 0.1) is 5.82 Å². The molecule has 0 nitrogen and oxygen atoms in total. The Morgan fingerprint density at radius 3 is 2.07 bits per heavy atom. The number of rotatable bonds is 2. The first-order valence-electron chi connectivity index (χ1n) is 4.31. The molecule has 14 heavy (non-hydrogen) atoms. The highest BCUT2D eigenvalue weighted by molar-refractivity contribution is 6.73. The topological polar surface area (TPSA) is 0 Å². The van der Waals surface area contributed by atoms with Crippen molar-refractivity contribution in [1.82, 2.24) is 0 Å². The van der Waals surface area contributed by atoms with Crippen molar-refractivity contribution in [2.24, 2.45) is 0 Å². The molecule has 0 heterocycles. The molecule has 0 radical (unpaired) electrons. The van der Waals surface area contributed by atoms with E-state index in [-0.39, 0.29) is 5.92 Å². The molecule has 0 unspecified atom stereocenters. The van der Waals surface area contributed by atoms with E-state index in [1.807, 2.05) is 0 Å². The maximum Gasteiger partial charge on any atom is 0.509 e. The lowest BCUT2D eigenvalue weighted by Crippen LogP contribution is -2.34. The first kappa shape index (κ1) is 11.1. The molecular formula is C9H10BF4-. The Hall–Kier alpha value is -0.995. The summed E-state index contributed by atoms with van der Waals surface area (Å²) in [6.07, 6.45) is 0. The van der Waals surface area contributed by atoms with Crippen molar-refractivity contribution >= 4 is 12.4 Å². The van der Waals surface area contributed by atoms with Crippen molar-refractivity contribution in [1.29, 1.82) is 0 Å². The fraction of sp³-hybridized carbons (Fsp3) is 0.333. The molecule has 0 aliphatic heterocycles. The van der Waals surface area contributed by atoms with Crippen molar-refractivity contribution < 1.29 is 17.3 Å². The van der Waals surface area contributed by atoms with Gasteiger partial charge >= 0.3 is 6.98 Å². The van der Waals surface area contributed by atoms with Crippen LogP contribution in [0.1, 0.15) is 25.3 Å². The summed E-state index contributed by atoms with van der Waals surface area (Å²) in [4.78, 5) is 0. The highest BCUT2D eigenvalue weighted by atomic mass is 19.4. The largest absolute Gasteiger partial charge is 0.509 e. The number of halogens is 4. The van der Waals surface area contributed by atoms with Crippen LogP contribution in [0.25, 0.3) is 0 Å². The third kappa shape index (κ3) is 2.50. The van der Waals surface area contributed by atoms with Gasteiger partial charge in [0.1, 0.15) is 5.82 Å². The lowest BCUT2D eigenvalue weighted by Gasteiger charge is -2.17. The molecule has 1 rings (SSSR count). The van der Waals surface area contributed by atoms with E-state index in [0.29, 0.717) is 11.6 Å². The van der Waals surface area contributed by atoms with Crippen LogP contribution < -0.4 is 5.46 Å². The second kappa shape index (κ2) is 3.63. The fourth-order valence-corrected chi connectivity index (χ4v) is 1.16. The van der Waals surface area contributed by atoms with Crippen LogP contribution in [0.2, 0.25) is 0 Å². The van der Waals surface area contributed by atoms with Crippen LogP contribution in [0.4, 0.5) is 17.3 Å². The monoisotopic (exact) mass is 205 g/mol. The molecular weight excluding hydrogens is 195 g/mol. The third-order valence-electron chi connectivity index (χ3n) is 1.99. The van der Waals surface area contributed by atoms with E-state index in [1.165, 1.54) is 0 Å². The van der Waals surface area contributed by atoms with Gasteiger partial charge in [0.2, 0.25) is 0 Å². The first-order chi connectivity index (χ1) is 6.30. The van der Waals surface area contributed by atoms with Gasteiger partial charge in [0.15, 0.2) is 0 Å². The summed E-state index contributed by atoms with van der Waals surface area (Å²) in [5.41, 5.74) is -0.493. The third-order valence-corrected chi connectivity index (χ3v) is 1.99. The molecule has 78 valence electrons. The Labute approximate surface area is 80.0 Å². The predicted molar refractivity (Wildman–Crippen MR) is 49.2 cm³/mol. The molecule has 0 aromatic heterocycles. The van der Waals surface area contributed by atoms with Crippen molar-refractivity contribution in [2.75, 3.05) is 0 Å². The van der Waals surface area contributed by atoms with Crippen molar-refractivity contribution in [3.8, 4) is 0 Å². The van der Waals surface area contributed by atoms with Crippen LogP contribution in [0.3, 0.4) is 0 Å². The fourth-order valence-electron chi connectivity index (χ4n) is 1.16. The van der Waals surface area contributed by atoms with Crippen LogP contribution in [0.15, 0.2) is 18.2 Å². The molecule has 0 spiro atoms. The van der Waals surface area contributed by atoms with Crippen LogP contribution in [-0.4, -0.2) is 6.98 Å². The summed E-state index contributed by atoms with van der Waals surface area (Å²) in [6, 6.07) is 2.68. The highest BCUT2D eigenvalue weighted by Gasteiger charge is 2.26. The van der Waals surface area contributed by atoms with E-state index in [0.717, 1.165) is 12.1 Å². The lowest BCUT2D eigenvalue weighted by molar-refractivity contribution is 0.499. The van der Waals surface area contributed by atoms with E-state index in [1.54, 1.807) is 13.8 Å². The Bertz CT molecular complexity index is 330. The molecule has 1 aromatic carbocycles. The number of hydrogen-bond acceptors (Lipinski definition) is 0. The maximum atomic E-state index is 12.8. The summed E-state index contributed by atoms with van der Waals surface area (Å²) >= 11 is 0.